The number of carbonyl (C=O) groups excluding carboxylic acids is 3. The maximum absolute atomic E-state index is 13.4. The van der Waals surface area contributed by atoms with Gasteiger partial charge in [0.2, 0.25) is 11.9 Å². The number of carboxylic acids is 1. The zero-order valence-corrected chi connectivity index (χ0v) is 25.6. The number of nitrogens with zero attached hydrogens (tertiary/aromatic N) is 6. The van der Waals surface area contributed by atoms with Crippen LogP contribution >= 0.6 is 0 Å². The third-order valence-corrected chi connectivity index (χ3v) is 7.56. The van der Waals surface area contributed by atoms with E-state index in [-0.39, 0.29) is 24.8 Å². The van der Waals surface area contributed by atoms with Gasteiger partial charge in [-0.05, 0) is 49.7 Å². The number of aliphatic carboxylic acids is 1. The molecule has 13 nitrogen and oxygen atoms in total. The van der Waals surface area contributed by atoms with Crippen LogP contribution in [-0.4, -0.2) is 90.9 Å². The molecule has 0 aliphatic carbocycles. The number of esters is 1. The molecule has 46 heavy (non-hydrogen) atoms. The number of nitrogens with one attached hydrogen (secondary N) is 1. The first-order valence-corrected chi connectivity index (χ1v) is 14.8. The Morgan fingerprint density at radius 1 is 1.00 bits per heavy atom. The summed E-state index contributed by atoms with van der Waals surface area (Å²) in [5, 5.41) is 15.9. The lowest BCUT2D eigenvalue weighted by molar-refractivity contribution is -0.162. The number of rotatable bonds is 11. The van der Waals surface area contributed by atoms with Gasteiger partial charge < -0.3 is 14.7 Å². The molecule has 0 saturated carbocycles. The van der Waals surface area contributed by atoms with Crippen molar-refractivity contribution in [2.45, 2.75) is 25.5 Å². The molecule has 1 fully saturated rings. The number of carboxylic acid groups (broad SMARTS) is 1. The van der Waals surface area contributed by atoms with Crippen LogP contribution in [0.2, 0.25) is 0 Å². The highest BCUT2D eigenvalue weighted by atomic mass is 16.6. The van der Waals surface area contributed by atoms with Crippen LogP contribution in [0.15, 0.2) is 85.3 Å². The van der Waals surface area contributed by atoms with E-state index in [2.05, 4.69) is 10.4 Å². The largest absolute Gasteiger partial charge is 0.478 e. The highest BCUT2D eigenvalue weighted by Crippen LogP contribution is 2.22. The highest BCUT2D eigenvalue weighted by molar-refractivity contribution is 6.04. The lowest BCUT2D eigenvalue weighted by Gasteiger charge is -2.38. The Bertz CT molecular complexity index is 1750. The molecule has 1 aliphatic heterocycles. The number of anilines is 1. The SMILES string of the molecule is CN1CCN(C(=O)CCCc2cn(-c3ccccc3)c(NC(=O)c3cccc(-c4cnn(C)c4)c3)n2)CC1OC(=O)/C=C/C(=O)O. The number of imidazole rings is 1. The van der Waals surface area contributed by atoms with Crippen molar-refractivity contribution in [2.24, 2.45) is 7.05 Å². The molecule has 1 aliphatic rings. The molecular weight excluding hydrogens is 590 g/mol. The second-order valence-electron chi connectivity index (χ2n) is 10.9. The van der Waals surface area contributed by atoms with E-state index >= 15 is 0 Å². The fourth-order valence-corrected chi connectivity index (χ4v) is 5.09. The number of ether oxygens (including phenoxy) is 1. The number of para-hydroxylation sites is 1. The van der Waals surface area contributed by atoms with Gasteiger partial charge in [-0.3, -0.25) is 29.1 Å². The first kappa shape index (κ1) is 31.9. The molecule has 0 spiro atoms. The maximum Gasteiger partial charge on any atom is 0.332 e. The Morgan fingerprint density at radius 2 is 1.80 bits per heavy atom. The summed E-state index contributed by atoms with van der Waals surface area (Å²) in [4.78, 5) is 57.2. The van der Waals surface area contributed by atoms with Crippen LogP contribution in [-0.2, 0) is 32.6 Å². The molecule has 1 saturated heterocycles. The molecule has 5 rings (SSSR count). The van der Waals surface area contributed by atoms with Gasteiger partial charge >= 0.3 is 11.9 Å². The third kappa shape index (κ3) is 8.12. The molecule has 0 radical (unpaired) electrons. The lowest BCUT2D eigenvalue weighted by atomic mass is 10.1. The van der Waals surface area contributed by atoms with Gasteiger partial charge in [-0.25, -0.2) is 14.6 Å². The molecule has 0 bridgehead atoms. The van der Waals surface area contributed by atoms with Crippen molar-refractivity contribution in [3.05, 3.63) is 96.6 Å². The molecule has 2 amide bonds. The van der Waals surface area contributed by atoms with Crippen molar-refractivity contribution in [3.63, 3.8) is 0 Å². The van der Waals surface area contributed by atoms with Gasteiger partial charge in [0, 0.05) is 67.9 Å². The van der Waals surface area contributed by atoms with Crippen molar-refractivity contribution in [3.8, 4) is 16.8 Å². The predicted molar refractivity (Wildman–Crippen MR) is 169 cm³/mol. The van der Waals surface area contributed by atoms with Crippen LogP contribution < -0.4 is 5.32 Å². The molecule has 13 heteroatoms. The van der Waals surface area contributed by atoms with Crippen LogP contribution in [0.5, 0.6) is 0 Å². The minimum absolute atomic E-state index is 0.0836. The van der Waals surface area contributed by atoms with E-state index in [1.54, 1.807) is 33.8 Å². The summed E-state index contributed by atoms with van der Waals surface area (Å²) in [5.41, 5.74) is 3.79. The highest BCUT2D eigenvalue weighted by Gasteiger charge is 2.29. The number of aromatic nitrogens is 4. The second-order valence-corrected chi connectivity index (χ2v) is 10.9. The zero-order chi connectivity index (χ0) is 32.6. The molecule has 1 unspecified atom stereocenters. The summed E-state index contributed by atoms with van der Waals surface area (Å²) in [6.07, 6.45) is 7.64. The van der Waals surface area contributed by atoms with Crippen LogP contribution in [0.1, 0.15) is 28.9 Å². The number of hydrogen-bond acceptors (Lipinski definition) is 8. The molecule has 3 heterocycles. The second kappa shape index (κ2) is 14.5. The number of carbonyl (C=O) groups is 4. The van der Waals surface area contributed by atoms with Crippen molar-refractivity contribution in [2.75, 3.05) is 32.0 Å². The number of piperazine rings is 1. The number of amides is 2. The average Bonchev–Trinajstić information content (AvgIpc) is 3.67. The first-order chi connectivity index (χ1) is 22.2. The molecule has 2 N–H and O–H groups in total. The van der Waals surface area contributed by atoms with Crippen LogP contribution in [0.25, 0.3) is 16.8 Å². The van der Waals surface area contributed by atoms with Crippen LogP contribution in [0, 0.1) is 0 Å². The van der Waals surface area contributed by atoms with Gasteiger partial charge in [0.25, 0.3) is 5.91 Å². The summed E-state index contributed by atoms with van der Waals surface area (Å²) < 4.78 is 8.88. The predicted octanol–water partition coefficient (Wildman–Crippen LogP) is 3.13. The van der Waals surface area contributed by atoms with E-state index in [0.717, 1.165) is 22.9 Å². The van der Waals surface area contributed by atoms with Gasteiger partial charge in [0.05, 0.1) is 18.4 Å². The van der Waals surface area contributed by atoms with E-state index < -0.39 is 18.2 Å². The van der Waals surface area contributed by atoms with Crippen molar-refractivity contribution < 1.29 is 29.0 Å². The summed E-state index contributed by atoms with van der Waals surface area (Å²) >= 11 is 0. The van der Waals surface area contributed by atoms with Crippen molar-refractivity contribution in [1.29, 1.82) is 0 Å². The fraction of sp³-hybridized carbons (Fsp3) is 0.273. The number of aryl methyl sites for hydroxylation is 2. The minimum atomic E-state index is -1.25. The van der Waals surface area contributed by atoms with Gasteiger partial charge in [-0.15, -0.1) is 0 Å². The molecule has 4 aromatic rings. The van der Waals surface area contributed by atoms with E-state index in [4.69, 9.17) is 14.8 Å². The quantitative estimate of drug-likeness (QED) is 0.189. The smallest absolute Gasteiger partial charge is 0.332 e. The van der Waals surface area contributed by atoms with Crippen LogP contribution in [0.3, 0.4) is 0 Å². The van der Waals surface area contributed by atoms with Crippen molar-refractivity contribution >= 4 is 29.7 Å². The normalized spacial score (nSPS) is 15.2. The average molecular weight is 626 g/mol. The first-order valence-electron chi connectivity index (χ1n) is 14.8. The summed E-state index contributed by atoms with van der Waals surface area (Å²) in [6.45, 7) is 1.17. The summed E-state index contributed by atoms with van der Waals surface area (Å²) in [7, 11) is 3.61. The van der Waals surface area contributed by atoms with Gasteiger partial charge in [-0.1, -0.05) is 30.3 Å². The molecule has 1 atom stereocenters. The lowest BCUT2D eigenvalue weighted by Crippen LogP contribution is -2.54. The van der Waals surface area contributed by atoms with E-state index in [9.17, 15) is 19.2 Å². The van der Waals surface area contributed by atoms with Gasteiger partial charge in [-0.2, -0.15) is 5.10 Å². The molecular formula is C33H35N7O6. The minimum Gasteiger partial charge on any atom is -0.478 e. The Labute approximate surface area is 265 Å². The summed E-state index contributed by atoms with van der Waals surface area (Å²) in [5.74, 6) is -2.06. The molecule has 2 aromatic heterocycles. The molecule has 238 valence electrons. The number of hydrogen-bond donors (Lipinski definition) is 2. The van der Waals surface area contributed by atoms with Crippen LogP contribution in [0.4, 0.5) is 5.95 Å². The van der Waals surface area contributed by atoms with Gasteiger partial charge in [0.1, 0.15) is 0 Å². The number of benzene rings is 2. The number of likely N-dealkylation sites (N-methyl/N-ethyl adjacent to an activating group) is 1. The van der Waals surface area contributed by atoms with Gasteiger partial charge in [0.15, 0.2) is 6.23 Å². The Balaban J connectivity index is 1.23. The van der Waals surface area contributed by atoms with E-state index in [0.29, 0.717) is 49.2 Å². The monoisotopic (exact) mass is 625 g/mol. The Hall–Kier alpha value is -5.56. The standard InChI is InChI=1S/C33H35N7O6/c1-37-16-17-39(22-29(37)46-31(44)15-14-30(42)43)28(41)13-7-10-26-21-40(27-11-4-3-5-12-27)33(35-26)36-32(45)24-9-6-8-23(18-24)25-19-34-38(2)20-25/h3-6,8-9,11-12,14-15,18-21,29H,7,10,13,16-17,22H2,1-2H3,(H,42,43)(H,35,36,45)/b15-14+. The Kier molecular flexibility index (Phi) is 10.0. The van der Waals surface area contributed by atoms with E-state index in [1.165, 1.54) is 0 Å². The Morgan fingerprint density at radius 3 is 2.54 bits per heavy atom. The third-order valence-electron chi connectivity index (χ3n) is 7.56. The molecule has 2 aromatic carbocycles. The fourth-order valence-electron chi connectivity index (χ4n) is 5.09. The summed E-state index contributed by atoms with van der Waals surface area (Å²) in [6, 6.07) is 16.9. The van der Waals surface area contributed by atoms with E-state index in [1.807, 2.05) is 72.5 Å². The van der Waals surface area contributed by atoms with Crippen molar-refractivity contribution in [1.82, 2.24) is 29.1 Å². The topological polar surface area (TPSA) is 152 Å². The maximum atomic E-state index is 13.4. The zero-order valence-electron chi connectivity index (χ0n) is 25.6.